The van der Waals surface area contributed by atoms with Gasteiger partial charge in [-0.15, -0.1) is 0 Å². The number of nitrogens with zero attached hydrogens (tertiary/aromatic N) is 2. The molecule has 1 aromatic carbocycles. The van der Waals surface area contributed by atoms with Crippen LogP contribution in [0.3, 0.4) is 0 Å². The summed E-state index contributed by atoms with van der Waals surface area (Å²) in [4.78, 5) is 17.3. The van der Waals surface area contributed by atoms with Gasteiger partial charge in [0.25, 0.3) is 0 Å². The summed E-state index contributed by atoms with van der Waals surface area (Å²) >= 11 is 0. The van der Waals surface area contributed by atoms with Crippen molar-refractivity contribution in [3.05, 3.63) is 23.5 Å². The summed E-state index contributed by atoms with van der Waals surface area (Å²) in [5.74, 6) is -0.343. The summed E-state index contributed by atoms with van der Waals surface area (Å²) in [6, 6.07) is 3.46. The van der Waals surface area contributed by atoms with Gasteiger partial charge in [-0.2, -0.15) is 0 Å². The monoisotopic (exact) mass is 388 g/mol. The largest absolute Gasteiger partial charge is 0.369 e. The highest BCUT2D eigenvalue weighted by atomic mass is 19.1. The molecule has 0 radical (unpaired) electrons. The Balaban J connectivity index is 1.64. The lowest BCUT2D eigenvalue weighted by Gasteiger charge is -2.38. The van der Waals surface area contributed by atoms with E-state index in [-0.39, 0.29) is 23.2 Å². The number of hydrogen-bond acceptors (Lipinski definition) is 4. The first-order valence-corrected chi connectivity index (χ1v) is 10.7. The predicted octanol–water partition coefficient (Wildman–Crippen LogP) is 3.33. The van der Waals surface area contributed by atoms with Crippen molar-refractivity contribution in [1.82, 2.24) is 5.32 Å². The third-order valence-electron chi connectivity index (χ3n) is 6.41. The van der Waals surface area contributed by atoms with Crippen molar-refractivity contribution < 1.29 is 9.18 Å². The molecule has 1 saturated carbocycles. The molecule has 28 heavy (non-hydrogen) atoms. The summed E-state index contributed by atoms with van der Waals surface area (Å²) in [5, 5.41) is 3.11. The molecule has 2 fully saturated rings. The topological polar surface area (TPSA) is 61.6 Å². The van der Waals surface area contributed by atoms with E-state index in [1.165, 1.54) is 12.8 Å². The number of anilines is 2. The minimum atomic E-state index is -0.592. The second-order valence-electron chi connectivity index (χ2n) is 9.67. The molecule has 1 unspecified atom stereocenters. The molecule has 1 aromatic rings. The van der Waals surface area contributed by atoms with Gasteiger partial charge >= 0.3 is 0 Å². The van der Waals surface area contributed by atoms with Gasteiger partial charge in [0.15, 0.2) is 0 Å². The van der Waals surface area contributed by atoms with Crippen molar-refractivity contribution in [2.24, 2.45) is 11.1 Å². The van der Waals surface area contributed by atoms with Crippen LogP contribution >= 0.6 is 0 Å². The van der Waals surface area contributed by atoms with Gasteiger partial charge in [0.05, 0.1) is 17.8 Å². The Bertz CT molecular complexity index is 750. The van der Waals surface area contributed by atoms with Crippen LogP contribution in [0.2, 0.25) is 0 Å². The number of nitrogens with two attached hydrogens (primary N) is 1. The summed E-state index contributed by atoms with van der Waals surface area (Å²) in [5.41, 5.74) is 8.53. The predicted molar refractivity (Wildman–Crippen MR) is 111 cm³/mol. The number of hydrogen-bond donors (Lipinski definition) is 2. The summed E-state index contributed by atoms with van der Waals surface area (Å²) < 4.78 is 15.0. The Labute approximate surface area is 167 Å². The van der Waals surface area contributed by atoms with E-state index in [0.29, 0.717) is 11.7 Å². The van der Waals surface area contributed by atoms with Gasteiger partial charge in [-0.25, -0.2) is 4.39 Å². The molecule has 0 spiro atoms. The fourth-order valence-electron chi connectivity index (χ4n) is 4.41. The van der Waals surface area contributed by atoms with Crippen molar-refractivity contribution in [1.29, 1.82) is 0 Å². The van der Waals surface area contributed by atoms with Crippen LogP contribution in [-0.4, -0.2) is 37.6 Å². The van der Waals surface area contributed by atoms with Crippen molar-refractivity contribution in [3.63, 3.8) is 0 Å². The summed E-state index contributed by atoms with van der Waals surface area (Å²) in [6.07, 6.45) is 5.41. The van der Waals surface area contributed by atoms with Gasteiger partial charge in [0.1, 0.15) is 5.82 Å². The Morgan fingerprint density at radius 2 is 1.82 bits per heavy atom. The molecule has 0 aromatic heterocycles. The minimum absolute atomic E-state index is 0.160. The van der Waals surface area contributed by atoms with Crippen molar-refractivity contribution >= 4 is 17.3 Å². The minimum Gasteiger partial charge on any atom is -0.369 e. The van der Waals surface area contributed by atoms with Gasteiger partial charge in [0, 0.05) is 36.9 Å². The molecule has 2 aliphatic heterocycles. The lowest BCUT2D eigenvalue weighted by molar-refractivity contribution is -0.125. The fraction of sp³-hybridized carbons (Fsp3) is 0.682. The molecule has 5 nitrogen and oxygen atoms in total. The van der Waals surface area contributed by atoms with E-state index in [9.17, 15) is 4.79 Å². The van der Waals surface area contributed by atoms with Crippen LogP contribution in [0.5, 0.6) is 0 Å². The molecule has 4 rings (SSSR count). The molecular formula is C22H33FN4O. The number of carbonyl (C=O) groups is 1. The molecular weight excluding hydrogens is 355 g/mol. The SMILES string of the molecule is CC(C)(C)[C@H](N)C(=O)NC1CCN(C2CC2)c2cc(N3CCCC3)c(F)cc21. The average molecular weight is 389 g/mol. The molecule has 3 N–H and O–H groups in total. The third kappa shape index (κ3) is 3.71. The lowest BCUT2D eigenvalue weighted by Crippen LogP contribution is -2.50. The van der Waals surface area contributed by atoms with Crippen LogP contribution in [0.15, 0.2) is 12.1 Å². The Morgan fingerprint density at radius 3 is 2.43 bits per heavy atom. The van der Waals surface area contributed by atoms with Crippen molar-refractivity contribution in [3.8, 4) is 0 Å². The molecule has 0 bridgehead atoms. The lowest BCUT2D eigenvalue weighted by atomic mass is 9.86. The van der Waals surface area contributed by atoms with E-state index in [0.717, 1.165) is 50.1 Å². The molecule has 3 aliphatic rings. The highest BCUT2D eigenvalue weighted by Gasteiger charge is 2.37. The van der Waals surface area contributed by atoms with Gasteiger partial charge in [-0.1, -0.05) is 20.8 Å². The molecule has 2 atom stereocenters. The Hall–Kier alpha value is -1.82. The number of carbonyl (C=O) groups excluding carboxylic acids is 1. The third-order valence-corrected chi connectivity index (χ3v) is 6.41. The maximum absolute atomic E-state index is 15.0. The van der Waals surface area contributed by atoms with E-state index < -0.39 is 6.04 Å². The van der Waals surface area contributed by atoms with Gasteiger partial charge in [-0.3, -0.25) is 4.79 Å². The first-order chi connectivity index (χ1) is 13.3. The van der Waals surface area contributed by atoms with E-state index in [2.05, 4.69) is 15.1 Å². The standard InChI is InChI=1S/C22H33FN4O/c1-22(2,3)20(24)21(28)25-17-8-11-27(14-6-7-14)18-13-19(16(23)12-15(17)18)26-9-4-5-10-26/h12-14,17,20H,4-11,24H2,1-3H3,(H,25,28)/t17?,20-/m1/s1. The zero-order chi connectivity index (χ0) is 20.1. The smallest absolute Gasteiger partial charge is 0.237 e. The maximum Gasteiger partial charge on any atom is 0.237 e. The number of halogens is 1. The van der Waals surface area contributed by atoms with Crippen LogP contribution in [0, 0.1) is 11.2 Å². The molecule has 2 heterocycles. The second-order valence-corrected chi connectivity index (χ2v) is 9.67. The van der Waals surface area contributed by atoms with E-state index in [1.54, 1.807) is 6.07 Å². The van der Waals surface area contributed by atoms with Crippen LogP contribution in [-0.2, 0) is 4.79 Å². The number of benzene rings is 1. The van der Waals surface area contributed by atoms with Gasteiger partial charge < -0.3 is 20.9 Å². The van der Waals surface area contributed by atoms with E-state index in [4.69, 9.17) is 5.73 Å². The average Bonchev–Trinajstić information content (AvgIpc) is 3.33. The zero-order valence-corrected chi connectivity index (χ0v) is 17.3. The first-order valence-electron chi connectivity index (χ1n) is 10.7. The first kappa shape index (κ1) is 19.5. The number of nitrogens with one attached hydrogen (secondary N) is 1. The molecule has 1 saturated heterocycles. The van der Waals surface area contributed by atoms with Crippen molar-refractivity contribution in [2.45, 2.75) is 71.0 Å². The highest BCUT2D eigenvalue weighted by molar-refractivity contribution is 5.83. The normalized spacial score (nSPS) is 23.5. The van der Waals surface area contributed by atoms with Gasteiger partial charge in [0.2, 0.25) is 5.91 Å². The Morgan fingerprint density at radius 1 is 1.14 bits per heavy atom. The fourth-order valence-corrected chi connectivity index (χ4v) is 4.41. The second kappa shape index (κ2) is 7.21. The van der Waals surface area contributed by atoms with Crippen LogP contribution in [0.1, 0.15) is 64.5 Å². The highest BCUT2D eigenvalue weighted by Crippen LogP contribution is 2.43. The maximum atomic E-state index is 15.0. The van der Waals surface area contributed by atoms with Gasteiger partial charge in [-0.05, 0) is 49.7 Å². The number of amides is 1. The van der Waals surface area contributed by atoms with Crippen molar-refractivity contribution in [2.75, 3.05) is 29.4 Å². The summed E-state index contributed by atoms with van der Waals surface area (Å²) in [7, 11) is 0. The van der Waals surface area contributed by atoms with Crippen LogP contribution in [0.25, 0.3) is 0 Å². The molecule has 1 amide bonds. The summed E-state index contributed by atoms with van der Waals surface area (Å²) in [6.45, 7) is 8.60. The van der Waals surface area contributed by atoms with Crippen LogP contribution in [0.4, 0.5) is 15.8 Å². The van der Waals surface area contributed by atoms with Crippen LogP contribution < -0.4 is 20.9 Å². The Kier molecular flexibility index (Phi) is 5.02. The molecule has 154 valence electrons. The molecule has 6 heteroatoms. The number of rotatable bonds is 4. The van der Waals surface area contributed by atoms with E-state index >= 15 is 4.39 Å². The quantitative estimate of drug-likeness (QED) is 0.831. The zero-order valence-electron chi connectivity index (χ0n) is 17.3. The number of fused-ring (bicyclic) bond motifs is 1. The van der Waals surface area contributed by atoms with E-state index in [1.807, 2.05) is 26.8 Å². The molecule has 1 aliphatic carbocycles.